The standard InChI is InChI=1S/C12H23NO3/c1-12(2)9-16-6-4-13(12)7-10-8-15-5-3-11(10)14/h10-11,14H,3-9H2,1-2H3. The van der Waals surface area contributed by atoms with E-state index >= 15 is 0 Å². The monoisotopic (exact) mass is 229 g/mol. The Morgan fingerprint density at radius 1 is 1.31 bits per heavy atom. The maximum absolute atomic E-state index is 9.93. The molecule has 0 bridgehead atoms. The number of morpholine rings is 1. The molecule has 4 heteroatoms. The molecule has 16 heavy (non-hydrogen) atoms. The highest BCUT2D eigenvalue weighted by atomic mass is 16.5. The van der Waals surface area contributed by atoms with Crippen molar-refractivity contribution in [1.29, 1.82) is 0 Å². The van der Waals surface area contributed by atoms with E-state index in [1.54, 1.807) is 0 Å². The molecule has 4 nitrogen and oxygen atoms in total. The van der Waals surface area contributed by atoms with Crippen LogP contribution in [-0.4, -0.2) is 61.2 Å². The molecular formula is C12H23NO3. The van der Waals surface area contributed by atoms with Crippen molar-refractivity contribution in [2.24, 2.45) is 5.92 Å². The first-order valence-corrected chi connectivity index (χ1v) is 6.18. The Morgan fingerprint density at radius 2 is 2.12 bits per heavy atom. The molecular weight excluding hydrogens is 206 g/mol. The van der Waals surface area contributed by atoms with Crippen molar-refractivity contribution in [1.82, 2.24) is 4.90 Å². The van der Waals surface area contributed by atoms with E-state index in [0.717, 1.165) is 32.7 Å². The summed E-state index contributed by atoms with van der Waals surface area (Å²) in [5.74, 6) is 0.256. The zero-order chi connectivity index (χ0) is 11.6. The highest BCUT2D eigenvalue weighted by Crippen LogP contribution is 2.23. The number of hydrogen-bond acceptors (Lipinski definition) is 4. The van der Waals surface area contributed by atoms with E-state index in [2.05, 4.69) is 18.7 Å². The van der Waals surface area contributed by atoms with Crippen molar-refractivity contribution >= 4 is 0 Å². The molecule has 1 N–H and O–H groups in total. The maximum atomic E-state index is 9.93. The fourth-order valence-electron chi connectivity index (χ4n) is 2.47. The first-order valence-electron chi connectivity index (χ1n) is 6.18. The van der Waals surface area contributed by atoms with Gasteiger partial charge >= 0.3 is 0 Å². The van der Waals surface area contributed by atoms with Gasteiger partial charge in [0, 0.05) is 31.2 Å². The van der Waals surface area contributed by atoms with Crippen molar-refractivity contribution in [3.8, 4) is 0 Å². The fraction of sp³-hybridized carbons (Fsp3) is 1.00. The van der Waals surface area contributed by atoms with Gasteiger partial charge in [-0.2, -0.15) is 0 Å². The number of ether oxygens (including phenoxy) is 2. The molecule has 2 saturated heterocycles. The van der Waals surface area contributed by atoms with Gasteiger partial charge in [-0.3, -0.25) is 4.90 Å². The molecule has 94 valence electrons. The minimum Gasteiger partial charge on any atom is -0.393 e. The Labute approximate surface area is 97.5 Å². The molecule has 0 aromatic heterocycles. The second-order valence-corrected chi connectivity index (χ2v) is 5.50. The molecule has 2 aliphatic heterocycles. The van der Waals surface area contributed by atoms with Crippen LogP contribution < -0.4 is 0 Å². The van der Waals surface area contributed by atoms with Crippen molar-refractivity contribution in [3.63, 3.8) is 0 Å². The SMILES string of the molecule is CC1(C)COCCN1CC1COCCC1O. The lowest BCUT2D eigenvalue weighted by atomic mass is 9.94. The number of rotatable bonds is 2. The number of hydrogen-bond donors (Lipinski definition) is 1. The molecule has 0 aliphatic carbocycles. The van der Waals surface area contributed by atoms with Gasteiger partial charge in [0.05, 0.1) is 25.9 Å². The molecule has 0 aromatic carbocycles. The lowest BCUT2D eigenvalue weighted by Gasteiger charge is -2.44. The van der Waals surface area contributed by atoms with Crippen molar-refractivity contribution in [2.75, 3.05) is 39.5 Å². The lowest BCUT2D eigenvalue weighted by Crippen LogP contribution is -2.56. The van der Waals surface area contributed by atoms with Gasteiger partial charge in [0.2, 0.25) is 0 Å². The van der Waals surface area contributed by atoms with Crippen LogP contribution in [0.25, 0.3) is 0 Å². The van der Waals surface area contributed by atoms with Crippen molar-refractivity contribution < 1.29 is 14.6 Å². The highest BCUT2D eigenvalue weighted by molar-refractivity contribution is 4.87. The van der Waals surface area contributed by atoms with Gasteiger partial charge in [0.15, 0.2) is 0 Å². The van der Waals surface area contributed by atoms with Crippen LogP contribution in [0.3, 0.4) is 0 Å². The summed E-state index contributed by atoms with van der Waals surface area (Å²) in [5, 5.41) is 9.93. The first-order chi connectivity index (χ1) is 7.59. The Hall–Kier alpha value is -0.160. The third-order valence-corrected chi connectivity index (χ3v) is 3.71. The molecule has 2 heterocycles. The summed E-state index contributed by atoms with van der Waals surface area (Å²) in [6, 6.07) is 0. The summed E-state index contributed by atoms with van der Waals surface area (Å²) >= 11 is 0. The topological polar surface area (TPSA) is 41.9 Å². The molecule has 0 radical (unpaired) electrons. The molecule has 0 amide bonds. The second-order valence-electron chi connectivity index (χ2n) is 5.50. The van der Waals surface area contributed by atoms with Gasteiger partial charge in [-0.15, -0.1) is 0 Å². The van der Waals surface area contributed by atoms with Gasteiger partial charge in [-0.05, 0) is 20.3 Å². The predicted octanol–water partition coefficient (Wildman–Crippen LogP) is 0.495. The zero-order valence-electron chi connectivity index (χ0n) is 10.3. The number of aliphatic hydroxyl groups is 1. The van der Waals surface area contributed by atoms with Crippen LogP contribution in [-0.2, 0) is 9.47 Å². The molecule has 0 spiro atoms. The number of aliphatic hydroxyl groups excluding tert-OH is 1. The lowest BCUT2D eigenvalue weighted by molar-refractivity contribution is -0.0920. The molecule has 0 saturated carbocycles. The van der Waals surface area contributed by atoms with Crippen LogP contribution >= 0.6 is 0 Å². The first kappa shape index (κ1) is 12.3. The fourth-order valence-corrected chi connectivity index (χ4v) is 2.47. The van der Waals surface area contributed by atoms with Crippen LogP contribution in [0.1, 0.15) is 20.3 Å². The Bertz CT molecular complexity index is 232. The third kappa shape index (κ3) is 2.74. The van der Waals surface area contributed by atoms with Gasteiger partial charge < -0.3 is 14.6 Å². The van der Waals surface area contributed by atoms with E-state index in [0.29, 0.717) is 13.2 Å². The van der Waals surface area contributed by atoms with E-state index in [1.165, 1.54) is 0 Å². The van der Waals surface area contributed by atoms with Crippen molar-refractivity contribution in [2.45, 2.75) is 31.9 Å². The van der Waals surface area contributed by atoms with Crippen molar-refractivity contribution in [3.05, 3.63) is 0 Å². The summed E-state index contributed by atoms with van der Waals surface area (Å²) in [6.07, 6.45) is 0.572. The molecule has 2 aliphatic rings. The third-order valence-electron chi connectivity index (χ3n) is 3.71. The maximum Gasteiger partial charge on any atom is 0.0645 e. The number of nitrogens with zero attached hydrogens (tertiary/aromatic N) is 1. The highest BCUT2D eigenvalue weighted by Gasteiger charge is 2.34. The Kier molecular flexibility index (Phi) is 3.85. The van der Waals surface area contributed by atoms with E-state index < -0.39 is 0 Å². The summed E-state index contributed by atoms with van der Waals surface area (Å²) in [6.45, 7) is 9.22. The minimum atomic E-state index is -0.201. The van der Waals surface area contributed by atoms with Gasteiger partial charge in [0.1, 0.15) is 0 Å². The largest absolute Gasteiger partial charge is 0.393 e. The van der Waals surface area contributed by atoms with E-state index in [-0.39, 0.29) is 17.6 Å². The van der Waals surface area contributed by atoms with E-state index in [1.807, 2.05) is 0 Å². The normalized spacial score (nSPS) is 36.2. The average Bonchev–Trinajstić information content (AvgIpc) is 2.24. The summed E-state index contributed by atoms with van der Waals surface area (Å²) < 4.78 is 10.9. The van der Waals surface area contributed by atoms with Crippen LogP contribution in [0, 0.1) is 5.92 Å². The molecule has 2 fully saturated rings. The molecule has 2 unspecified atom stereocenters. The van der Waals surface area contributed by atoms with Gasteiger partial charge in [-0.25, -0.2) is 0 Å². The molecule has 2 atom stereocenters. The van der Waals surface area contributed by atoms with Crippen LogP contribution in [0.2, 0.25) is 0 Å². The van der Waals surface area contributed by atoms with E-state index in [4.69, 9.17) is 9.47 Å². The Balaban J connectivity index is 1.91. The van der Waals surface area contributed by atoms with Gasteiger partial charge in [0.25, 0.3) is 0 Å². The summed E-state index contributed by atoms with van der Waals surface area (Å²) in [4.78, 5) is 2.42. The zero-order valence-corrected chi connectivity index (χ0v) is 10.3. The van der Waals surface area contributed by atoms with Crippen LogP contribution in [0.5, 0.6) is 0 Å². The average molecular weight is 229 g/mol. The summed E-state index contributed by atoms with van der Waals surface area (Å²) in [7, 11) is 0. The second kappa shape index (κ2) is 5.00. The predicted molar refractivity (Wildman–Crippen MR) is 61.4 cm³/mol. The Morgan fingerprint density at radius 3 is 2.81 bits per heavy atom. The molecule has 0 aromatic rings. The van der Waals surface area contributed by atoms with E-state index in [9.17, 15) is 5.11 Å². The van der Waals surface area contributed by atoms with Gasteiger partial charge in [-0.1, -0.05) is 0 Å². The quantitative estimate of drug-likeness (QED) is 0.748. The van der Waals surface area contributed by atoms with Crippen LogP contribution in [0.15, 0.2) is 0 Å². The summed E-state index contributed by atoms with van der Waals surface area (Å²) in [5.41, 5.74) is 0.0788. The smallest absolute Gasteiger partial charge is 0.0645 e. The molecule has 2 rings (SSSR count). The van der Waals surface area contributed by atoms with Crippen LogP contribution in [0.4, 0.5) is 0 Å². The minimum absolute atomic E-state index is 0.0788.